The highest BCUT2D eigenvalue weighted by atomic mass is 16.3. The third kappa shape index (κ3) is 3.02. The molecule has 0 aliphatic carbocycles. The van der Waals surface area contributed by atoms with E-state index in [0.717, 1.165) is 0 Å². The minimum atomic E-state index is -0.263. The minimum absolute atomic E-state index is 0.234. The zero-order chi connectivity index (χ0) is 14.5. The molecule has 0 saturated heterocycles. The molecule has 2 rings (SSSR count). The van der Waals surface area contributed by atoms with Crippen molar-refractivity contribution in [2.75, 3.05) is 27.2 Å². The van der Waals surface area contributed by atoms with Gasteiger partial charge in [0.25, 0.3) is 11.8 Å². The van der Waals surface area contributed by atoms with Crippen molar-refractivity contribution in [3.05, 3.63) is 36.7 Å². The minimum Gasteiger partial charge on any atom is -0.451 e. The predicted octanol–water partition coefficient (Wildman–Crippen LogP) is 0.507. The number of amides is 2. The van der Waals surface area contributed by atoms with Crippen molar-refractivity contribution in [1.29, 1.82) is 0 Å². The first kappa shape index (κ1) is 13.8. The third-order valence-electron chi connectivity index (χ3n) is 2.77. The van der Waals surface area contributed by atoms with Gasteiger partial charge in [-0.05, 0) is 0 Å². The molecule has 8 nitrogen and oxygen atoms in total. The van der Waals surface area contributed by atoms with Gasteiger partial charge in [-0.25, -0.2) is 9.97 Å². The fourth-order valence-electron chi connectivity index (χ4n) is 1.53. The van der Waals surface area contributed by atoms with Crippen molar-refractivity contribution in [2.24, 2.45) is 0 Å². The zero-order valence-electron chi connectivity index (χ0n) is 11.1. The summed E-state index contributed by atoms with van der Waals surface area (Å²) in [5, 5.41) is 0. The topological polar surface area (TPSA) is 92.7 Å². The van der Waals surface area contributed by atoms with Gasteiger partial charge in [0.05, 0.1) is 0 Å². The standard InChI is InChI=1S/C12H14N4O4/c1-15(11(17)9-5-19-7-13-9)3-4-16(2)12(18)10-6-20-8-14-10/h5-8H,3-4H2,1-2H3. The van der Waals surface area contributed by atoms with Crippen LogP contribution in [0.4, 0.5) is 0 Å². The fourth-order valence-corrected chi connectivity index (χ4v) is 1.53. The van der Waals surface area contributed by atoms with E-state index in [2.05, 4.69) is 9.97 Å². The number of aromatic nitrogens is 2. The summed E-state index contributed by atoms with van der Waals surface area (Å²) in [6.45, 7) is 0.734. The van der Waals surface area contributed by atoms with Gasteiger partial charge in [0.15, 0.2) is 24.2 Å². The molecule has 0 aliphatic heterocycles. The Balaban J connectivity index is 1.85. The van der Waals surface area contributed by atoms with Gasteiger partial charge in [0.1, 0.15) is 12.5 Å². The van der Waals surface area contributed by atoms with Crippen LogP contribution in [-0.2, 0) is 0 Å². The number of oxazole rings is 2. The maximum atomic E-state index is 11.9. The highest BCUT2D eigenvalue weighted by molar-refractivity contribution is 5.92. The molecule has 0 fully saturated rings. The Bertz CT molecular complexity index is 512. The maximum absolute atomic E-state index is 11.9. The number of hydrogen-bond acceptors (Lipinski definition) is 6. The van der Waals surface area contributed by atoms with E-state index < -0.39 is 0 Å². The summed E-state index contributed by atoms with van der Waals surface area (Å²) in [5.74, 6) is -0.526. The van der Waals surface area contributed by atoms with Gasteiger partial charge in [-0.2, -0.15) is 0 Å². The van der Waals surface area contributed by atoms with Gasteiger partial charge in [-0.3, -0.25) is 9.59 Å². The van der Waals surface area contributed by atoms with Crippen LogP contribution >= 0.6 is 0 Å². The van der Waals surface area contributed by atoms with Crippen LogP contribution < -0.4 is 0 Å². The Hall–Kier alpha value is -2.64. The van der Waals surface area contributed by atoms with Gasteiger partial charge >= 0.3 is 0 Å². The molecular weight excluding hydrogens is 264 g/mol. The van der Waals surface area contributed by atoms with E-state index in [9.17, 15) is 9.59 Å². The molecule has 0 bridgehead atoms. The lowest BCUT2D eigenvalue weighted by molar-refractivity contribution is 0.0712. The Kier molecular flexibility index (Phi) is 4.14. The Morgan fingerprint density at radius 1 is 0.950 bits per heavy atom. The zero-order valence-corrected chi connectivity index (χ0v) is 11.1. The van der Waals surface area contributed by atoms with Crippen molar-refractivity contribution in [3.8, 4) is 0 Å². The summed E-state index contributed by atoms with van der Waals surface area (Å²) in [6.07, 6.45) is 4.95. The average molecular weight is 278 g/mol. The molecule has 0 aromatic carbocycles. The van der Waals surface area contributed by atoms with Gasteiger partial charge < -0.3 is 18.6 Å². The number of nitrogens with zero attached hydrogens (tertiary/aromatic N) is 4. The van der Waals surface area contributed by atoms with Crippen LogP contribution in [0.25, 0.3) is 0 Å². The molecule has 2 heterocycles. The van der Waals surface area contributed by atoms with Crippen LogP contribution in [0, 0.1) is 0 Å². The number of carbonyl (C=O) groups excluding carboxylic acids is 2. The van der Waals surface area contributed by atoms with Gasteiger partial charge in [-0.1, -0.05) is 0 Å². The van der Waals surface area contributed by atoms with Gasteiger partial charge in [0.2, 0.25) is 0 Å². The van der Waals surface area contributed by atoms with Crippen LogP contribution in [0.1, 0.15) is 21.0 Å². The molecule has 20 heavy (non-hydrogen) atoms. The third-order valence-corrected chi connectivity index (χ3v) is 2.77. The number of hydrogen-bond donors (Lipinski definition) is 0. The Labute approximate surface area is 115 Å². The molecule has 8 heteroatoms. The molecule has 0 radical (unpaired) electrons. The van der Waals surface area contributed by atoms with E-state index in [0.29, 0.717) is 13.1 Å². The second-order valence-corrected chi connectivity index (χ2v) is 4.20. The lowest BCUT2D eigenvalue weighted by atomic mass is 10.3. The molecule has 2 aromatic heterocycles. The Morgan fingerprint density at radius 2 is 1.35 bits per heavy atom. The lowest BCUT2D eigenvalue weighted by Gasteiger charge is -2.21. The molecule has 0 aliphatic rings. The summed E-state index contributed by atoms with van der Waals surface area (Å²) >= 11 is 0. The highest BCUT2D eigenvalue weighted by Crippen LogP contribution is 2.02. The van der Waals surface area contributed by atoms with E-state index in [1.54, 1.807) is 14.1 Å². The summed E-state index contributed by atoms with van der Waals surface area (Å²) < 4.78 is 9.51. The molecule has 2 amide bonds. The van der Waals surface area contributed by atoms with Crippen molar-refractivity contribution in [1.82, 2.24) is 19.8 Å². The van der Waals surface area contributed by atoms with Crippen LogP contribution in [-0.4, -0.2) is 58.8 Å². The van der Waals surface area contributed by atoms with Gasteiger partial charge in [0, 0.05) is 27.2 Å². The monoisotopic (exact) mass is 278 g/mol. The molecule has 0 unspecified atom stereocenters. The average Bonchev–Trinajstić information content (AvgIpc) is 3.14. The van der Waals surface area contributed by atoms with Crippen molar-refractivity contribution >= 4 is 11.8 Å². The molecular formula is C12H14N4O4. The number of likely N-dealkylation sites (N-methyl/N-ethyl adjacent to an activating group) is 2. The van der Waals surface area contributed by atoms with Crippen molar-refractivity contribution in [3.63, 3.8) is 0 Å². The number of carbonyl (C=O) groups is 2. The van der Waals surface area contributed by atoms with Gasteiger partial charge in [-0.15, -0.1) is 0 Å². The summed E-state index contributed by atoms with van der Waals surface area (Å²) in [6, 6.07) is 0. The van der Waals surface area contributed by atoms with Crippen LogP contribution in [0.2, 0.25) is 0 Å². The summed E-state index contributed by atoms with van der Waals surface area (Å²) in [4.78, 5) is 34.3. The van der Waals surface area contributed by atoms with Crippen molar-refractivity contribution in [2.45, 2.75) is 0 Å². The van der Waals surface area contributed by atoms with E-state index in [1.807, 2.05) is 0 Å². The second-order valence-electron chi connectivity index (χ2n) is 4.20. The summed E-state index contributed by atoms with van der Waals surface area (Å²) in [7, 11) is 3.26. The summed E-state index contributed by atoms with van der Waals surface area (Å²) in [5.41, 5.74) is 0.468. The smallest absolute Gasteiger partial charge is 0.275 e. The fraction of sp³-hybridized carbons (Fsp3) is 0.333. The molecule has 2 aromatic rings. The predicted molar refractivity (Wildman–Crippen MR) is 66.9 cm³/mol. The first-order valence-corrected chi connectivity index (χ1v) is 5.87. The number of rotatable bonds is 5. The van der Waals surface area contributed by atoms with E-state index in [-0.39, 0.29) is 23.2 Å². The van der Waals surface area contributed by atoms with E-state index >= 15 is 0 Å². The van der Waals surface area contributed by atoms with Crippen molar-refractivity contribution < 1.29 is 18.4 Å². The molecule has 0 spiro atoms. The van der Waals surface area contributed by atoms with Crippen LogP contribution in [0.15, 0.2) is 34.1 Å². The second kappa shape index (κ2) is 6.00. The van der Waals surface area contributed by atoms with E-state index in [4.69, 9.17) is 8.83 Å². The van der Waals surface area contributed by atoms with Crippen LogP contribution in [0.3, 0.4) is 0 Å². The quantitative estimate of drug-likeness (QED) is 0.791. The first-order valence-electron chi connectivity index (χ1n) is 5.87. The highest BCUT2D eigenvalue weighted by Gasteiger charge is 2.18. The lowest BCUT2D eigenvalue weighted by Crippen LogP contribution is -2.37. The SMILES string of the molecule is CN(CCN(C)C(=O)c1cocn1)C(=O)c1cocn1. The van der Waals surface area contributed by atoms with Crippen LogP contribution in [0.5, 0.6) is 0 Å². The molecule has 106 valence electrons. The molecule has 0 saturated carbocycles. The largest absolute Gasteiger partial charge is 0.451 e. The molecule has 0 N–H and O–H groups in total. The Morgan fingerprint density at radius 3 is 1.65 bits per heavy atom. The first-order chi connectivity index (χ1) is 9.59. The molecule has 0 atom stereocenters. The normalized spacial score (nSPS) is 10.3. The van der Waals surface area contributed by atoms with E-state index in [1.165, 1.54) is 35.1 Å². The maximum Gasteiger partial charge on any atom is 0.275 e.